The van der Waals surface area contributed by atoms with E-state index >= 15 is 0 Å². The molecule has 24 heavy (non-hydrogen) atoms. The second kappa shape index (κ2) is 8.08. The summed E-state index contributed by atoms with van der Waals surface area (Å²) >= 11 is 23.6. The van der Waals surface area contributed by atoms with Crippen LogP contribution < -0.4 is 5.32 Å². The first-order valence-corrected chi connectivity index (χ1v) is 8.21. The molecule has 0 fully saturated rings. The zero-order chi connectivity index (χ0) is 17.9. The Hall–Kier alpha value is -1.46. The van der Waals surface area contributed by atoms with E-state index in [9.17, 15) is 14.7 Å². The summed E-state index contributed by atoms with van der Waals surface area (Å²) in [5, 5.41) is 13.0. The summed E-state index contributed by atoms with van der Waals surface area (Å²) in [5.74, 6) is -1.81. The molecule has 4 nitrogen and oxygen atoms in total. The highest BCUT2D eigenvalue weighted by Crippen LogP contribution is 2.23. The minimum absolute atomic E-state index is 0.00227. The van der Waals surface area contributed by atoms with Crippen molar-refractivity contribution in [2.45, 2.75) is 12.5 Å². The number of aliphatic carboxylic acids is 1. The van der Waals surface area contributed by atoms with Crippen molar-refractivity contribution >= 4 is 58.3 Å². The maximum absolute atomic E-state index is 12.3. The standard InChI is InChI=1S/C16H11Cl4NO3/c17-9-2-1-8(12(19)6-9)5-14(16(23)24)21-15(22)11-4-3-10(18)7-13(11)20/h1-4,6-7,14H,5H2,(H,21,22)(H,23,24). The highest BCUT2D eigenvalue weighted by atomic mass is 35.5. The molecule has 8 heteroatoms. The Morgan fingerprint density at radius 3 is 2.08 bits per heavy atom. The van der Waals surface area contributed by atoms with Gasteiger partial charge in [0, 0.05) is 21.5 Å². The number of amides is 1. The zero-order valence-electron chi connectivity index (χ0n) is 12.0. The molecule has 0 spiro atoms. The smallest absolute Gasteiger partial charge is 0.326 e. The van der Waals surface area contributed by atoms with E-state index in [0.717, 1.165) is 0 Å². The maximum Gasteiger partial charge on any atom is 0.326 e. The molecule has 0 aliphatic heterocycles. The third-order valence-corrected chi connectivity index (χ3v) is 4.35. The van der Waals surface area contributed by atoms with Crippen molar-refractivity contribution in [2.75, 3.05) is 0 Å². The van der Waals surface area contributed by atoms with Gasteiger partial charge in [-0.3, -0.25) is 4.79 Å². The van der Waals surface area contributed by atoms with Crippen LogP contribution in [0.5, 0.6) is 0 Å². The highest BCUT2D eigenvalue weighted by molar-refractivity contribution is 6.37. The fourth-order valence-corrected chi connectivity index (χ4v) is 3.00. The summed E-state index contributed by atoms with van der Waals surface area (Å²) in [4.78, 5) is 23.7. The van der Waals surface area contributed by atoms with Crippen molar-refractivity contribution in [2.24, 2.45) is 0 Å². The van der Waals surface area contributed by atoms with Crippen LogP contribution in [0.25, 0.3) is 0 Å². The van der Waals surface area contributed by atoms with Gasteiger partial charge in [0.25, 0.3) is 5.91 Å². The van der Waals surface area contributed by atoms with Gasteiger partial charge in [0.2, 0.25) is 0 Å². The average molecular weight is 407 g/mol. The molecule has 2 rings (SSSR count). The molecule has 2 aromatic rings. The minimum atomic E-state index is -1.19. The number of rotatable bonds is 5. The lowest BCUT2D eigenvalue weighted by molar-refractivity contribution is -0.139. The Bertz CT molecular complexity index is 795. The Morgan fingerprint density at radius 2 is 1.54 bits per heavy atom. The van der Waals surface area contributed by atoms with Gasteiger partial charge in [0.1, 0.15) is 6.04 Å². The first kappa shape index (κ1) is 18.9. The number of carboxylic acids is 1. The van der Waals surface area contributed by atoms with Crippen LogP contribution in [-0.2, 0) is 11.2 Å². The maximum atomic E-state index is 12.3. The van der Waals surface area contributed by atoms with E-state index in [0.29, 0.717) is 20.6 Å². The van der Waals surface area contributed by atoms with E-state index in [1.165, 1.54) is 24.3 Å². The van der Waals surface area contributed by atoms with Gasteiger partial charge in [-0.05, 0) is 35.9 Å². The van der Waals surface area contributed by atoms with Crippen LogP contribution in [0.3, 0.4) is 0 Å². The zero-order valence-corrected chi connectivity index (χ0v) is 15.0. The SMILES string of the molecule is O=C(NC(Cc1ccc(Cl)cc1Cl)C(=O)O)c1ccc(Cl)cc1Cl. The van der Waals surface area contributed by atoms with E-state index in [2.05, 4.69) is 5.32 Å². The molecular formula is C16H11Cl4NO3. The lowest BCUT2D eigenvalue weighted by Gasteiger charge is -2.16. The Balaban J connectivity index is 2.19. The number of hydrogen-bond donors (Lipinski definition) is 2. The highest BCUT2D eigenvalue weighted by Gasteiger charge is 2.23. The van der Waals surface area contributed by atoms with Gasteiger partial charge in [-0.1, -0.05) is 52.5 Å². The molecular weight excluding hydrogens is 396 g/mol. The van der Waals surface area contributed by atoms with Crippen molar-refractivity contribution in [3.05, 3.63) is 67.6 Å². The number of benzene rings is 2. The van der Waals surface area contributed by atoms with E-state index in [1.54, 1.807) is 12.1 Å². The van der Waals surface area contributed by atoms with Crippen molar-refractivity contribution in [3.63, 3.8) is 0 Å². The van der Waals surface area contributed by atoms with E-state index in [1.807, 2.05) is 0 Å². The van der Waals surface area contributed by atoms with Crippen molar-refractivity contribution < 1.29 is 14.7 Å². The molecule has 1 unspecified atom stereocenters. The van der Waals surface area contributed by atoms with Gasteiger partial charge in [-0.15, -0.1) is 0 Å². The fraction of sp³-hybridized carbons (Fsp3) is 0.125. The third kappa shape index (κ3) is 4.77. The van der Waals surface area contributed by atoms with Crippen LogP contribution in [0, 0.1) is 0 Å². The number of carbonyl (C=O) groups is 2. The van der Waals surface area contributed by atoms with Crippen LogP contribution >= 0.6 is 46.4 Å². The second-order valence-corrected chi connectivity index (χ2v) is 6.62. The second-order valence-electron chi connectivity index (χ2n) is 4.93. The van der Waals surface area contributed by atoms with E-state index in [-0.39, 0.29) is 17.0 Å². The van der Waals surface area contributed by atoms with Crippen LogP contribution in [-0.4, -0.2) is 23.0 Å². The van der Waals surface area contributed by atoms with Crippen molar-refractivity contribution in [1.29, 1.82) is 0 Å². The summed E-state index contributed by atoms with van der Waals surface area (Å²) in [5.41, 5.74) is 0.686. The van der Waals surface area contributed by atoms with Crippen molar-refractivity contribution in [1.82, 2.24) is 5.32 Å². The molecule has 0 aliphatic rings. The summed E-state index contributed by atoms with van der Waals surface area (Å²) in [7, 11) is 0. The molecule has 0 saturated heterocycles. The molecule has 2 aromatic carbocycles. The number of nitrogens with one attached hydrogen (secondary N) is 1. The van der Waals surface area contributed by atoms with Gasteiger partial charge in [-0.2, -0.15) is 0 Å². The van der Waals surface area contributed by atoms with E-state index < -0.39 is 17.9 Å². The Kier molecular flexibility index (Phi) is 6.35. The summed E-state index contributed by atoms with van der Waals surface area (Å²) in [6.45, 7) is 0. The number of halogens is 4. The largest absolute Gasteiger partial charge is 0.480 e. The molecule has 0 bridgehead atoms. The molecule has 0 saturated carbocycles. The van der Waals surface area contributed by atoms with Gasteiger partial charge < -0.3 is 10.4 Å². The normalized spacial score (nSPS) is 11.8. The number of carboxylic acid groups (broad SMARTS) is 1. The fourth-order valence-electron chi connectivity index (χ4n) is 2.02. The van der Waals surface area contributed by atoms with E-state index in [4.69, 9.17) is 46.4 Å². The Morgan fingerprint density at radius 1 is 0.958 bits per heavy atom. The van der Waals surface area contributed by atoms with Crippen molar-refractivity contribution in [3.8, 4) is 0 Å². The molecule has 1 amide bonds. The molecule has 0 radical (unpaired) electrons. The Labute approximate surface area is 158 Å². The lowest BCUT2D eigenvalue weighted by Crippen LogP contribution is -2.42. The van der Waals surface area contributed by atoms with Gasteiger partial charge in [0.15, 0.2) is 0 Å². The third-order valence-electron chi connectivity index (χ3n) is 3.22. The monoisotopic (exact) mass is 405 g/mol. The summed E-state index contributed by atoms with van der Waals surface area (Å²) in [6, 6.07) is 7.87. The van der Waals surface area contributed by atoms with Crippen LogP contribution in [0.2, 0.25) is 20.1 Å². The number of hydrogen-bond acceptors (Lipinski definition) is 2. The molecule has 0 aromatic heterocycles. The first-order valence-electron chi connectivity index (χ1n) is 6.70. The predicted molar refractivity (Wildman–Crippen MR) is 95.5 cm³/mol. The first-order chi connectivity index (χ1) is 11.3. The van der Waals surface area contributed by atoms with Gasteiger partial charge >= 0.3 is 5.97 Å². The topological polar surface area (TPSA) is 66.4 Å². The quantitative estimate of drug-likeness (QED) is 0.754. The predicted octanol–water partition coefficient (Wildman–Crippen LogP) is 4.73. The van der Waals surface area contributed by atoms with Crippen LogP contribution in [0.15, 0.2) is 36.4 Å². The molecule has 0 aliphatic carbocycles. The molecule has 0 heterocycles. The van der Waals surface area contributed by atoms with Crippen LogP contribution in [0.1, 0.15) is 15.9 Å². The average Bonchev–Trinajstić information content (AvgIpc) is 2.48. The van der Waals surface area contributed by atoms with Gasteiger partial charge in [0.05, 0.1) is 10.6 Å². The van der Waals surface area contributed by atoms with Crippen LogP contribution in [0.4, 0.5) is 0 Å². The van der Waals surface area contributed by atoms with Gasteiger partial charge in [-0.25, -0.2) is 4.79 Å². The summed E-state index contributed by atoms with van der Waals surface area (Å²) < 4.78 is 0. The molecule has 2 N–H and O–H groups in total. The molecule has 1 atom stereocenters. The molecule has 126 valence electrons. The number of carbonyl (C=O) groups excluding carboxylic acids is 1. The minimum Gasteiger partial charge on any atom is -0.480 e. The summed E-state index contributed by atoms with van der Waals surface area (Å²) in [6.07, 6.45) is 0.00227. The lowest BCUT2D eigenvalue weighted by atomic mass is 10.1.